The van der Waals surface area contributed by atoms with E-state index < -0.39 is 53.3 Å². The van der Waals surface area contributed by atoms with Crippen molar-refractivity contribution >= 4 is 35.6 Å². The number of hydrogen-bond acceptors (Lipinski definition) is 9. The van der Waals surface area contributed by atoms with Crippen molar-refractivity contribution in [3.05, 3.63) is 60.6 Å². The predicted molar refractivity (Wildman–Crippen MR) is 206 cm³/mol. The Morgan fingerprint density at radius 2 is 1.31 bits per heavy atom. The summed E-state index contributed by atoms with van der Waals surface area (Å²) in [4.78, 5) is 75.6. The van der Waals surface area contributed by atoms with E-state index in [0.29, 0.717) is 18.1 Å². The predicted octanol–water partition coefficient (Wildman–Crippen LogP) is 5.40. The highest BCUT2D eigenvalue weighted by Gasteiger charge is 2.37. The fourth-order valence-corrected chi connectivity index (χ4v) is 6.46. The molecule has 5 rings (SSSR count). The number of carbonyl (C=O) groups is 5. The average molecular weight is 760 g/mol. The van der Waals surface area contributed by atoms with E-state index in [4.69, 9.17) is 14.2 Å². The van der Waals surface area contributed by atoms with Crippen molar-refractivity contribution in [2.24, 2.45) is 0 Å². The molecule has 0 saturated carbocycles. The summed E-state index contributed by atoms with van der Waals surface area (Å²) in [6.07, 6.45) is 1.99. The molecule has 55 heavy (non-hydrogen) atoms. The molecule has 2 fully saturated rings. The van der Waals surface area contributed by atoms with Gasteiger partial charge in [-0.3, -0.25) is 14.4 Å². The number of amides is 5. The summed E-state index contributed by atoms with van der Waals surface area (Å²) >= 11 is 0. The lowest BCUT2D eigenvalue weighted by molar-refractivity contribution is -0.147. The van der Waals surface area contributed by atoms with Gasteiger partial charge in [-0.1, -0.05) is 36.4 Å². The highest BCUT2D eigenvalue weighted by atomic mass is 16.6. The van der Waals surface area contributed by atoms with Crippen molar-refractivity contribution in [1.29, 1.82) is 0 Å². The number of likely N-dealkylation sites (tertiary alicyclic amines) is 1. The van der Waals surface area contributed by atoms with Crippen LogP contribution < -0.4 is 16.0 Å². The summed E-state index contributed by atoms with van der Waals surface area (Å²) in [5, 5.41) is 8.09. The molecule has 0 aliphatic carbocycles. The van der Waals surface area contributed by atoms with E-state index in [9.17, 15) is 24.0 Å². The van der Waals surface area contributed by atoms with Crippen LogP contribution in [0.15, 0.2) is 54.7 Å². The molecule has 1 aromatic heterocycles. The SMILES string of the molecule is CC(NC(=O)OC(C)(C)C)C(=O)N1CCOCC1C(=O)Nc1ccc(-c2ccc(-c3cnc(C4CCCN4C(=O)C(C)NC(=O)OC(C)(C)C)[nH]3)cc2)cc1. The van der Waals surface area contributed by atoms with Gasteiger partial charge < -0.3 is 44.9 Å². The van der Waals surface area contributed by atoms with Gasteiger partial charge in [0.05, 0.1) is 31.1 Å². The molecule has 0 spiro atoms. The quantitative estimate of drug-likeness (QED) is 0.222. The Labute approximate surface area is 321 Å². The average Bonchev–Trinajstić information content (AvgIpc) is 3.80. The van der Waals surface area contributed by atoms with Crippen LogP contribution in [-0.2, 0) is 28.6 Å². The normalized spacial score (nSPS) is 18.5. The van der Waals surface area contributed by atoms with Gasteiger partial charge in [-0.25, -0.2) is 14.6 Å². The standard InChI is InChI=1S/C40H53N7O8/c1-24(42-37(51)54-39(3,4)5)35(49)46-19-9-10-31(46)33-41-22-30(45-33)28-13-11-26(12-14-28)27-15-17-29(18-16-27)44-34(48)32-23-53-21-20-47(32)36(50)25(2)43-38(52)55-40(6,7)8/h11-18,22,24-25,31-32H,9-10,19-21,23H2,1-8H3,(H,41,45)(H,42,51)(H,43,52)(H,44,48). The maximum Gasteiger partial charge on any atom is 0.408 e. The molecule has 2 saturated heterocycles. The maximum absolute atomic E-state index is 13.3. The number of imidazole rings is 1. The first-order valence-electron chi connectivity index (χ1n) is 18.6. The summed E-state index contributed by atoms with van der Waals surface area (Å²) < 4.78 is 16.1. The third-order valence-corrected chi connectivity index (χ3v) is 9.05. The van der Waals surface area contributed by atoms with Crippen LogP contribution in [0.5, 0.6) is 0 Å². The topological polar surface area (TPSA) is 184 Å². The second kappa shape index (κ2) is 16.9. The number of anilines is 1. The highest BCUT2D eigenvalue weighted by Crippen LogP contribution is 2.33. The summed E-state index contributed by atoms with van der Waals surface area (Å²) in [7, 11) is 0. The Balaban J connectivity index is 1.17. The zero-order chi connectivity index (χ0) is 40.1. The van der Waals surface area contributed by atoms with Gasteiger partial charge in [0.1, 0.15) is 35.2 Å². The molecule has 3 heterocycles. The Kier molecular flexibility index (Phi) is 12.5. The fraction of sp³-hybridized carbons (Fsp3) is 0.500. The van der Waals surface area contributed by atoms with Crippen LogP contribution in [0.3, 0.4) is 0 Å². The molecule has 2 aromatic carbocycles. The van der Waals surface area contributed by atoms with Crippen LogP contribution in [0.2, 0.25) is 0 Å². The summed E-state index contributed by atoms with van der Waals surface area (Å²) in [6, 6.07) is 12.6. The van der Waals surface area contributed by atoms with Crippen LogP contribution in [0.4, 0.5) is 15.3 Å². The lowest BCUT2D eigenvalue weighted by atomic mass is 10.0. The zero-order valence-corrected chi connectivity index (χ0v) is 32.9. The third kappa shape index (κ3) is 10.8. The largest absolute Gasteiger partial charge is 0.444 e. The molecule has 0 radical (unpaired) electrons. The summed E-state index contributed by atoms with van der Waals surface area (Å²) in [6.45, 7) is 14.8. The molecular weight excluding hydrogens is 706 g/mol. The van der Waals surface area contributed by atoms with Gasteiger partial charge in [-0.05, 0) is 97.1 Å². The van der Waals surface area contributed by atoms with Crippen LogP contribution >= 0.6 is 0 Å². The minimum Gasteiger partial charge on any atom is -0.444 e. The van der Waals surface area contributed by atoms with Gasteiger partial charge in [0.15, 0.2) is 0 Å². The van der Waals surface area contributed by atoms with Gasteiger partial charge in [0.2, 0.25) is 17.7 Å². The van der Waals surface area contributed by atoms with Crippen molar-refractivity contribution < 1.29 is 38.2 Å². The molecule has 3 aromatic rings. The van der Waals surface area contributed by atoms with Crippen molar-refractivity contribution in [3.63, 3.8) is 0 Å². The number of benzene rings is 2. The number of hydrogen-bond donors (Lipinski definition) is 4. The van der Waals surface area contributed by atoms with Gasteiger partial charge in [0.25, 0.3) is 0 Å². The van der Waals surface area contributed by atoms with E-state index in [1.165, 1.54) is 4.90 Å². The molecule has 0 bridgehead atoms. The minimum absolute atomic E-state index is 0.0303. The lowest BCUT2D eigenvalue weighted by Crippen LogP contribution is -2.58. The van der Waals surface area contributed by atoms with Crippen molar-refractivity contribution in [1.82, 2.24) is 30.4 Å². The second-order valence-corrected chi connectivity index (χ2v) is 15.9. The molecule has 296 valence electrons. The molecule has 4 N–H and O–H groups in total. The van der Waals surface area contributed by atoms with Crippen LogP contribution in [0.25, 0.3) is 22.4 Å². The van der Waals surface area contributed by atoms with E-state index in [0.717, 1.165) is 35.2 Å². The van der Waals surface area contributed by atoms with Gasteiger partial charge in [0, 0.05) is 18.8 Å². The van der Waals surface area contributed by atoms with Crippen molar-refractivity contribution in [3.8, 4) is 22.4 Å². The number of rotatable bonds is 9. The zero-order valence-electron chi connectivity index (χ0n) is 32.9. The van der Waals surface area contributed by atoms with E-state index in [-0.39, 0.29) is 31.7 Å². The number of ether oxygens (including phenoxy) is 3. The highest BCUT2D eigenvalue weighted by molar-refractivity contribution is 5.98. The fourth-order valence-electron chi connectivity index (χ4n) is 6.46. The number of morpholine rings is 1. The van der Waals surface area contributed by atoms with Gasteiger partial charge >= 0.3 is 12.2 Å². The van der Waals surface area contributed by atoms with Crippen LogP contribution in [0, 0.1) is 0 Å². The molecule has 4 atom stereocenters. The van der Waals surface area contributed by atoms with E-state index in [1.807, 2.05) is 36.4 Å². The number of carbonyl (C=O) groups excluding carboxylic acids is 5. The van der Waals surface area contributed by atoms with E-state index in [2.05, 4.69) is 25.9 Å². The monoisotopic (exact) mass is 759 g/mol. The number of alkyl carbamates (subject to hydrolysis) is 2. The summed E-state index contributed by atoms with van der Waals surface area (Å²) in [5.74, 6) is -0.313. The molecular formula is C40H53N7O8. The van der Waals surface area contributed by atoms with E-state index in [1.54, 1.807) is 78.6 Å². The third-order valence-electron chi connectivity index (χ3n) is 9.05. The number of nitrogens with zero attached hydrogens (tertiary/aromatic N) is 3. The molecule has 4 unspecified atom stereocenters. The molecule has 2 aliphatic rings. The Bertz CT molecular complexity index is 1850. The second-order valence-electron chi connectivity index (χ2n) is 15.9. The number of aromatic nitrogens is 2. The number of aromatic amines is 1. The number of H-pyrrole nitrogens is 1. The first kappa shape index (κ1) is 40.7. The Morgan fingerprint density at radius 1 is 0.782 bits per heavy atom. The molecule has 15 nitrogen and oxygen atoms in total. The van der Waals surface area contributed by atoms with Crippen molar-refractivity contribution in [2.45, 2.75) is 104 Å². The van der Waals surface area contributed by atoms with Crippen molar-refractivity contribution in [2.75, 3.05) is 31.6 Å². The molecule has 2 aliphatic heterocycles. The Hall–Kier alpha value is -5.44. The molecule has 5 amide bonds. The van der Waals surface area contributed by atoms with Gasteiger partial charge in [-0.15, -0.1) is 0 Å². The number of nitrogens with one attached hydrogen (secondary N) is 4. The molecule has 15 heteroatoms. The Morgan fingerprint density at radius 3 is 1.87 bits per heavy atom. The van der Waals surface area contributed by atoms with E-state index >= 15 is 0 Å². The van der Waals surface area contributed by atoms with Crippen LogP contribution in [0.1, 0.15) is 80.1 Å². The lowest BCUT2D eigenvalue weighted by Gasteiger charge is -2.36. The summed E-state index contributed by atoms with van der Waals surface area (Å²) in [5.41, 5.74) is 2.81. The van der Waals surface area contributed by atoms with Crippen LogP contribution in [-0.4, -0.2) is 105 Å². The first-order valence-corrected chi connectivity index (χ1v) is 18.6. The minimum atomic E-state index is -0.900. The smallest absolute Gasteiger partial charge is 0.408 e. The maximum atomic E-state index is 13.3. The first-order chi connectivity index (χ1) is 25.9. The van der Waals surface area contributed by atoms with Gasteiger partial charge in [-0.2, -0.15) is 0 Å².